The molecule has 9 nitrogen and oxygen atoms in total. The lowest BCUT2D eigenvalue weighted by atomic mass is 10.0. The summed E-state index contributed by atoms with van der Waals surface area (Å²) in [5, 5.41) is 10.8. The van der Waals surface area contributed by atoms with Crippen LogP contribution in [0.15, 0.2) is 30.3 Å². The molecule has 0 spiro atoms. The number of Topliss-reactive ketones (excluding diaryl/α,β-unsaturated/α-hetero) is 1. The average molecular weight is 323 g/mol. The van der Waals surface area contributed by atoms with Crippen LogP contribution in [0.3, 0.4) is 0 Å². The number of alkyl carbamates (subject to hydrolysis) is 1. The van der Waals surface area contributed by atoms with Crippen LogP contribution in [0.5, 0.6) is 0 Å². The number of rotatable bonds is 8. The molecule has 0 heterocycles. The van der Waals surface area contributed by atoms with Gasteiger partial charge in [-0.3, -0.25) is 14.4 Å². The molecule has 2 amide bonds. The molecular weight excluding hydrogens is 306 g/mol. The number of primary amides is 1. The van der Waals surface area contributed by atoms with Crippen molar-refractivity contribution in [2.75, 3.05) is 0 Å². The molecular formula is C14H17N3O6. The fourth-order valence-electron chi connectivity index (χ4n) is 1.67. The number of carboxylic acids is 1. The van der Waals surface area contributed by atoms with E-state index in [9.17, 15) is 19.2 Å². The standard InChI is InChI=1S/C14H17N3O6/c15-10(18)6-9(12(19)11(16)13(20)21)17-14(22)23-7-8-4-2-1-3-5-8/h1-5,9,11H,6-7,16H2,(H2,15,18)(H,17,22)(H,20,21). The molecule has 0 aliphatic carbocycles. The van der Waals surface area contributed by atoms with Crippen molar-refractivity contribution in [3.05, 3.63) is 35.9 Å². The number of carbonyl (C=O) groups excluding carboxylic acids is 3. The normalized spacial score (nSPS) is 12.7. The lowest BCUT2D eigenvalue weighted by Crippen LogP contribution is -2.52. The molecule has 0 aliphatic rings. The molecule has 0 fully saturated rings. The van der Waals surface area contributed by atoms with E-state index in [0.29, 0.717) is 5.56 Å². The third kappa shape index (κ3) is 6.14. The largest absolute Gasteiger partial charge is 0.480 e. The van der Waals surface area contributed by atoms with Crippen molar-refractivity contribution in [2.24, 2.45) is 11.5 Å². The Morgan fingerprint density at radius 2 is 1.78 bits per heavy atom. The first-order valence-electron chi connectivity index (χ1n) is 6.59. The highest BCUT2D eigenvalue weighted by molar-refractivity contribution is 6.06. The van der Waals surface area contributed by atoms with Gasteiger partial charge in [-0.2, -0.15) is 0 Å². The van der Waals surface area contributed by atoms with Crippen molar-refractivity contribution in [2.45, 2.75) is 25.1 Å². The van der Waals surface area contributed by atoms with Crippen LogP contribution >= 0.6 is 0 Å². The fraction of sp³-hybridized carbons (Fsp3) is 0.286. The molecule has 1 aromatic rings. The van der Waals surface area contributed by atoms with Crippen molar-refractivity contribution < 1.29 is 29.0 Å². The number of amides is 2. The maximum atomic E-state index is 11.8. The number of hydrogen-bond donors (Lipinski definition) is 4. The Balaban J connectivity index is 2.65. The van der Waals surface area contributed by atoms with E-state index >= 15 is 0 Å². The molecule has 9 heteroatoms. The van der Waals surface area contributed by atoms with Gasteiger partial charge in [0.1, 0.15) is 12.6 Å². The first kappa shape index (κ1) is 18.1. The monoisotopic (exact) mass is 323 g/mol. The highest BCUT2D eigenvalue weighted by atomic mass is 16.5. The Kier molecular flexibility index (Phi) is 6.68. The SMILES string of the molecule is NC(=O)CC(NC(=O)OCc1ccccc1)C(=O)C(N)C(=O)O. The van der Waals surface area contributed by atoms with Gasteiger partial charge in [-0.15, -0.1) is 0 Å². The van der Waals surface area contributed by atoms with E-state index in [0.717, 1.165) is 0 Å². The molecule has 0 radical (unpaired) electrons. The summed E-state index contributed by atoms with van der Waals surface area (Å²) >= 11 is 0. The molecule has 0 bridgehead atoms. The quantitative estimate of drug-likeness (QED) is 0.452. The molecule has 2 atom stereocenters. The highest BCUT2D eigenvalue weighted by Crippen LogP contribution is 2.03. The Hall–Kier alpha value is -2.94. The third-order valence-electron chi connectivity index (χ3n) is 2.83. The Labute approximate surface area is 131 Å². The lowest BCUT2D eigenvalue weighted by molar-refractivity contribution is -0.143. The summed E-state index contributed by atoms with van der Waals surface area (Å²) < 4.78 is 4.89. The van der Waals surface area contributed by atoms with Crippen molar-refractivity contribution in [3.63, 3.8) is 0 Å². The van der Waals surface area contributed by atoms with Crippen LogP contribution < -0.4 is 16.8 Å². The van der Waals surface area contributed by atoms with E-state index in [1.54, 1.807) is 30.3 Å². The van der Waals surface area contributed by atoms with Gasteiger partial charge in [-0.05, 0) is 5.56 Å². The van der Waals surface area contributed by atoms with Gasteiger partial charge in [-0.25, -0.2) is 4.79 Å². The number of ether oxygens (including phenoxy) is 1. The molecule has 0 saturated heterocycles. The van der Waals surface area contributed by atoms with E-state index in [1.165, 1.54) is 0 Å². The van der Waals surface area contributed by atoms with Gasteiger partial charge >= 0.3 is 12.1 Å². The van der Waals surface area contributed by atoms with E-state index in [1.807, 2.05) is 0 Å². The predicted molar refractivity (Wildman–Crippen MR) is 78.0 cm³/mol. The van der Waals surface area contributed by atoms with Gasteiger partial charge < -0.3 is 26.6 Å². The number of carbonyl (C=O) groups is 4. The molecule has 124 valence electrons. The summed E-state index contributed by atoms with van der Waals surface area (Å²) in [5.41, 5.74) is 10.9. The van der Waals surface area contributed by atoms with E-state index in [2.05, 4.69) is 5.32 Å². The van der Waals surface area contributed by atoms with Crippen LogP contribution in [0.1, 0.15) is 12.0 Å². The first-order valence-corrected chi connectivity index (χ1v) is 6.59. The summed E-state index contributed by atoms with van der Waals surface area (Å²) in [6.45, 7) is -0.0604. The van der Waals surface area contributed by atoms with Crippen LogP contribution in [-0.4, -0.2) is 40.9 Å². The van der Waals surface area contributed by atoms with Gasteiger partial charge in [0, 0.05) is 0 Å². The summed E-state index contributed by atoms with van der Waals surface area (Å²) in [5.74, 6) is -3.53. The smallest absolute Gasteiger partial charge is 0.408 e. The fourth-order valence-corrected chi connectivity index (χ4v) is 1.67. The van der Waals surface area contributed by atoms with Gasteiger partial charge in [0.2, 0.25) is 5.91 Å². The van der Waals surface area contributed by atoms with E-state index < -0.39 is 42.3 Å². The summed E-state index contributed by atoms with van der Waals surface area (Å²) in [6, 6.07) is 5.39. The number of nitrogens with one attached hydrogen (secondary N) is 1. The molecule has 2 unspecified atom stereocenters. The molecule has 0 aliphatic heterocycles. The molecule has 0 aromatic heterocycles. The number of aliphatic carboxylic acids is 1. The Morgan fingerprint density at radius 1 is 1.17 bits per heavy atom. The topological polar surface area (TPSA) is 162 Å². The van der Waals surface area contributed by atoms with Crippen LogP contribution in [0.4, 0.5) is 4.79 Å². The Bertz CT molecular complexity index is 589. The van der Waals surface area contributed by atoms with E-state index in [-0.39, 0.29) is 6.61 Å². The summed E-state index contributed by atoms with van der Waals surface area (Å²) in [6.07, 6.45) is -1.58. The molecule has 1 rings (SSSR count). The van der Waals surface area contributed by atoms with Crippen LogP contribution in [0.2, 0.25) is 0 Å². The lowest BCUT2D eigenvalue weighted by Gasteiger charge is -2.18. The number of hydrogen-bond acceptors (Lipinski definition) is 6. The second kappa shape index (κ2) is 8.49. The van der Waals surface area contributed by atoms with Crippen molar-refractivity contribution in [1.29, 1.82) is 0 Å². The number of ketones is 1. The van der Waals surface area contributed by atoms with Crippen LogP contribution in [0, 0.1) is 0 Å². The highest BCUT2D eigenvalue weighted by Gasteiger charge is 2.31. The maximum absolute atomic E-state index is 11.8. The molecule has 23 heavy (non-hydrogen) atoms. The minimum Gasteiger partial charge on any atom is -0.480 e. The van der Waals surface area contributed by atoms with Crippen molar-refractivity contribution in [3.8, 4) is 0 Å². The summed E-state index contributed by atoms with van der Waals surface area (Å²) in [7, 11) is 0. The molecule has 6 N–H and O–H groups in total. The van der Waals surface area contributed by atoms with Gasteiger partial charge in [-0.1, -0.05) is 30.3 Å². The zero-order chi connectivity index (χ0) is 17.4. The average Bonchev–Trinajstić information content (AvgIpc) is 2.51. The predicted octanol–water partition coefficient (Wildman–Crippen LogP) is -0.862. The molecule has 0 saturated carbocycles. The second-order valence-corrected chi connectivity index (χ2v) is 4.65. The Morgan fingerprint density at radius 3 is 2.30 bits per heavy atom. The summed E-state index contributed by atoms with van der Waals surface area (Å²) in [4.78, 5) is 45.2. The van der Waals surface area contributed by atoms with Crippen molar-refractivity contribution in [1.82, 2.24) is 5.32 Å². The van der Waals surface area contributed by atoms with E-state index in [4.69, 9.17) is 21.3 Å². The molecule has 1 aromatic carbocycles. The zero-order valence-corrected chi connectivity index (χ0v) is 12.1. The third-order valence-corrected chi connectivity index (χ3v) is 2.83. The minimum absolute atomic E-state index is 0.0604. The number of nitrogens with two attached hydrogens (primary N) is 2. The maximum Gasteiger partial charge on any atom is 0.408 e. The second-order valence-electron chi connectivity index (χ2n) is 4.65. The number of carboxylic acid groups (broad SMARTS) is 1. The van der Waals surface area contributed by atoms with Crippen LogP contribution in [0.25, 0.3) is 0 Å². The van der Waals surface area contributed by atoms with Crippen molar-refractivity contribution >= 4 is 23.8 Å². The van der Waals surface area contributed by atoms with Crippen LogP contribution in [-0.2, 0) is 25.7 Å². The zero-order valence-electron chi connectivity index (χ0n) is 12.1. The van der Waals surface area contributed by atoms with Gasteiger partial charge in [0.05, 0.1) is 6.42 Å². The van der Waals surface area contributed by atoms with Gasteiger partial charge in [0.15, 0.2) is 11.8 Å². The van der Waals surface area contributed by atoms with Gasteiger partial charge in [0.25, 0.3) is 0 Å². The minimum atomic E-state index is -1.88. The first-order chi connectivity index (χ1) is 10.8. The number of benzene rings is 1.